The predicted molar refractivity (Wildman–Crippen MR) is 158 cm³/mol. The van der Waals surface area contributed by atoms with E-state index in [-0.39, 0.29) is 0 Å². The quantitative estimate of drug-likeness (QED) is 0.229. The van der Waals surface area contributed by atoms with E-state index in [0.29, 0.717) is 0 Å². The van der Waals surface area contributed by atoms with Gasteiger partial charge in [-0.25, -0.2) is 0 Å². The van der Waals surface area contributed by atoms with Gasteiger partial charge in [0.25, 0.3) is 0 Å². The normalized spacial score (nSPS) is 11.8. The molecule has 0 radical (unpaired) electrons. The lowest BCUT2D eigenvalue weighted by Gasteiger charge is -2.12. The molecule has 0 bridgehead atoms. The molecule has 0 saturated carbocycles. The summed E-state index contributed by atoms with van der Waals surface area (Å²) in [7, 11) is 0. The first-order valence-corrected chi connectivity index (χ1v) is 13.2. The molecule has 0 spiro atoms. The van der Waals surface area contributed by atoms with Crippen LogP contribution in [-0.4, -0.2) is 0 Å². The van der Waals surface area contributed by atoms with Gasteiger partial charge in [0.05, 0.1) is 0 Å². The van der Waals surface area contributed by atoms with Crippen LogP contribution in [0.4, 0.5) is 0 Å². The molecule has 0 saturated heterocycles. The summed E-state index contributed by atoms with van der Waals surface area (Å²) in [6.07, 6.45) is 16.9. The number of unbranched alkanes of at least 4 members (excludes halogenated alkanes) is 4. The lowest BCUT2D eigenvalue weighted by molar-refractivity contribution is 0.656. The minimum Gasteiger partial charge on any atom is -0.103 e. The van der Waals surface area contributed by atoms with E-state index in [2.05, 4.69) is 72.6 Å². The Morgan fingerprint density at radius 1 is 0.818 bits per heavy atom. The van der Waals surface area contributed by atoms with E-state index in [1.165, 1.54) is 71.1 Å². The first kappa shape index (κ1) is 35.5. The van der Waals surface area contributed by atoms with Gasteiger partial charge in [-0.05, 0) is 79.5 Å². The summed E-state index contributed by atoms with van der Waals surface area (Å²) in [5, 5.41) is 0. The molecule has 0 aromatic heterocycles. The summed E-state index contributed by atoms with van der Waals surface area (Å²) in [5.41, 5.74) is 9.31. The van der Waals surface area contributed by atoms with Crippen molar-refractivity contribution in [2.75, 3.05) is 0 Å². The Labute approximate surface area is 209 Å². The molecule has 0 fully saturated rings. The zero-order valence-electron chi connectivity index (χ0n) is 24.0. The average molecular weight is 453 g/mol. The molecule has 0 heteroatoms. The minimum absolute atomic E-state index is 1.07. The molecule has 0 amide bonds. The molecule has 0 nitrogen and oxygen atoms in total. The van der Waals surface area contributed by atoms with Crippen LogP contribution in [0.25, 0.3) is 5.57 Å². The molecular weight excluding hydrogens is 396 g/mol. The minimum atomic E-state index is 1.07. The van der Waals surface area contributed by atoms with Crippen LogP contribution in [0.1, 0.15) is 116 Å². The van der Waals surface area contributed by atoms with E-state index >= 15 is 0 Å². The van der Waals surface area contributed by atoms with E-state index in [4.69, 9.17) is 0 Å². The van der Waals surface area contributed by atoms with Crippen molar-refractivity contribution in [2.45, 2.75) is 114 Å². The van der Waals surface area contributed by atoms with Gasteiger partial charge in [-0.2, -0.15) is 0 Å². The van der Waals surface area contributed by atoms with E-state index in [0.717, 1.165) is 12.8 Å². The Morgan fingerprint density at radius 3 is 1.76 bits per heavy atom. The molecular formula is C33H56. The number of benzene rings is 1. The Kier molecular flexibility index (Phi) is 26.4. The van der Waals surface area contributed by atoms with Crippen LogP contribution in [0.15, 0.2) is 67.3 Å². The molecule has 0 aliphatic heterocycles. The van der Waals surface area contributed by atoms with E-state index in [1.54, 1.807) is 6.08 Å². The van der Waals surface area contributed by atoms with E-state index in [9.17, 15) is 0 Å². The van der Waals surface area contributed by atoms with Crippen molar-refractivity contribution < 1.29 is 0 Å². The van der Waals surface area contributed by atoms with Crippen molar-refractivity contribution in [3.8, 4) is 0 Å². The first-order valence-electron chi connectivity index (χ1n) is 13.2. The average Bonchev–Trinajstić information content (AvgIpc) is 2.94. The summed E-state index contributed by atoms with van der Waals surface area (Å²) >= 11 is 0. The number of rotatable bonds is 6. The number of aryl methyl sites for hydroxylation is 3. The van der Waals surface area contributed by atoms with Crippen molar-refractivity contribution in [1.29, 1.82) is 0 Å². The van der Waals surface area contributed by atoms with Crippen LogP contribution in [0.5, 0.6) is 0 Å². The number of hydrogen-bond acceptors (Lipinski definition) is 0. The highest BCUT2D eigenvalue weighted by atomic mass is 14.2. The standard InChI is InChI=1S/C19H22.C7H16.C3H6.2C2H6/c1-6-7-8-17-9-10-18-11-13(2)14(3)12-19(18)16(5)15(17)4;1-3-5-7-6-4-2;1-3-2;2*1-2/h6-8,11-12H,1,5,9-10H2,2-4H3;3-7H2,1-2H3;3H,1H2,2H3;2*1-2H3/b8-7-;;;;. The summed E-state index contributed by atoms with van der Waals surface area (Å²) in [6.45, 7) is 32.3. The molecule has 1 aromatic rings. The first-order chi connectivity index (χ1) is 15.9. The third kappa shape index (κ3) is 15.4. The molecule has 0 N–H and O–H groups in total. The SMILES string of the molecule is C=C/C=C\C1=C(C)C(=C)c2cc(C)c(C)cc2CC1.C=CC.CC.CC.CCCCCCC. The molecule has 33 heavy (non-hydrogen) atoms. The highest BCUT2D eigenvalue weighted by Gasteiger charge is 2.16. The fourth-order valence-corrected chi connectivity index (χ4v) is 3.29. The monoisotopic (exact) mass is 452 g/mol. The Morgan fingerprint density at radius 2 is 1.30 bits per heavy atom. The maximum Gasteiger partial charge on any atom is -0.0152 e. The van der Waals surface area contributed by atoms with Gasteiger partial charge in [-0.1, -0.05) is 123 Å². The number of allylic oxidation sites excluding steroid dienone is 7. The highest BCUT2D eigenvalue weighted by molar-refractivity contribution is 5.81. The fourth-order valence-electron chi connectivity index (χ4n) is 3.29. The molecule has 2 rings (SSSR count). The van der Waals surface area contributed by atoms with Gasteiger partial charge in [-0.3, -0.25) is 0 Å². The number of hydrogen-bond donors (Lipinski definition) is 0. The number of fused-ring (bicyclic) bond motifs is 1. The maximum atomic E-state index is 4.31. The molecule has 1 aliphatic carbocycles. The van der Waals surface area contributed by atoms with Crippen molar-refractivity contribution in [3.63, 3.8) is 0 Å². The van der Waals surface area contributed by atoms with Crippen molar-refractivity contribution >= 4 is 5.57 Å². The lowest BCUT2D eigenvalue weighted by atomic mass is 9.92. The third-order valence-electron chi connectivity index (χ3n) is 5.28. The summed E-state index contributed by atoms with van der Waals surface area (Å²) in [5.74, 6) is 0. The summed E-state index contributed by atoms with van der Waals surface area (Å²) in [4.78, 5) is 0. The van der Waals surface area contributed by atoms with Crippen LogP contribution in [0.3, 0.4) is 0 Å². The van der Waals surface area contributed by atoms with Crippen LogP contribution in [0, 0.1) is 13.8 Å². The van der Waals surface area contributed by atoms with Crippen LogP contribution in [-0.2, 0) is 6.42 Å². The zero-order valence-corrected chi connectivity index (χ0v) is 24.0. The Hall–Kier alpha value is -2.08. The maximum absolute atomic E-state index is 4.31. The third-order valence-corrected chi connectivity index (χ3v) is 5.28. The molecule has 0 unspecified atom stereocenters. The molecule has 0 heterocycles. The van der Waals surface area contributed by atoms with Gasteiger partial charge < -0.3 is 0 Å². The molecule has 0 atom stereocenters. The van der Waals surface area contributed by atoms with Crippen molar-refractivity contribution in [2.24, 2.45) is 0 Å². The Bertz CT molecular complexity index is 706. The van der Waals surface area contributed by atoms with Crippen molar-refractivity contribution in [3.05, 3.63) is 89.6 Å². The molecule has 1 aromatic carbocycles. The fraction of sp³-hybridized carbons (Fsp3) is 0.515. The van der Waals surface area contributed by atoms with Gasteiger partial charge >= 0.3 is 0 Å². The Balaban J connectivity index is -0.000000537. The van der Waals surface area contributed by atoms with Crippen LogP contribution >= 0.6 is 0 Å². The summed E-state index contributed by atoms with van der Waals surface area (Å²) in [6, 6.07) is 4.61. The largest absolute Gasteiger partial charge is 0.103 e. The smallest absolute Gasteiger partial charge is 0.0152 e. The second-order valence-corrected chi connectivity index (χ2v) is 7.79. The predicted octanol–water partition coefficient (Wildman–Crippen LogP) is 11.5. The van der Waals surface area contributed by atoms with Crippen LogP contribution in [0.2, 0.25) is 0 Å². The summed E-state index contributed by atoms with van der Waals surface area (Å²) < 4.78 is 0. The van der Waals surface area contributed by atoms with Gasteiger partial charge in [0.1, 0.15) is 0 Å². The topological polar surface area (TPSA) is 0 Å². The second kappa shape index (κ2) is 24.6. The van der Waals surface area contributed by atoms with Crippen molar-refractivity contribution in [1.82, 2.24) is 0 Å². The van der Waals surface area contributed by atoms with Gasteiger partial charge in [0.2, 0.25) is 0 Å². The van der Waals surface area contributed by atoms with Gasteiger partial charge in [-0.15, -0.1) is 6.58 Å². The van der Waals surface area contributed by atoms with Gasteiger partial charge in [0.15, 0.2) is 0 Å². The molecule has 188 valence electrons. The highest BCUT2D eigenvalue weighted by Crippen LogP contribution is 2.34. The zero-order chi connectivity index (χ0) is 26.2. The molecule has 1 aliphatic rings. The van der Waals surface area contributed by atoms with E-state index in [1.807, 2.05) is 46.8 Å². The van der Waals surface area contributed by atoms with Crippen LogP contribution < -0.4 is 0 Å². The lowest BCUT2D eigenvalue weighted by Crippen LogP contribution is -1.94. The van der Waals surface area contributed by atoms with E-state index < -0.39 is 0 Å². The van der Waals surface area contributed by atoms with Gasteiger partial charge in [0, 0.05) is 0 Å². The second-order valence-electron chi connectivity index (χ2n) is 7.79.